The Morgan fingerprint density at radius 1 is 1.23 bits per heavy atom. The molecule has 8 nitrogen and oxygen atoms in total. The van der Waals surface area contributed by atoms with Crippen LogP contribution in [-0.2, 0) is 0 Å². The molecular weight excluding hydrogens is 288 g/mol. The lowest BCUT2D eigenvalue weighted by atomic mass is 10.2. The first-order chi connectivity index (χ1) is 10.8. The van der Waals surface area contributed by atoms with Gasteiger partial charge in [0.15, 0.2) is 17.2 Å². The van der Waals surface area contributed by atoms with Gasteiger partial charge in [-0.2, -0.15) is 5.10 Å². The molecule has 8 heteroatoms. The lowest BCUT2D eigenvalue weighted by molar-refractivity contribution is 0.196. The third-order valence-corrected chi connectivity index (χ3v) is 2.92. The summed E-state index contributed by atoms with van der Waals surface area (Å²) in [5.74, 6) is 1.93. The summed E-state index contributed by atoms with van der Waals surface area (Å²) in [5, 5.41) is 16.0. The molecule has 0 spiro atoms. The fraction of sp³-hybridized carbons (Fsp3) is 0.214. The summed E-state index contributed by atoms with van der Waals surface area (Å²) >= 11 is 0. The molecule has 114 valence electrons. The highest BCUT2D eigenvalue weighted by Gasteiger charge is 2.13. The molecule has 1 aromatic carbocycles. The van der Waals surface area contributed by atoms with E-state index < -0.39 is 0 Å². The van der Waals surface area contributed by atoms with Crippen LogP contribution in [0.15, 0.2) is 30.9 Å². The van der Waals surface area contributed by atoms with E-state index in [9.17, 15) is 0 Å². The predicted octanol–water partition coefficient (Wildman–Crippen LogP) is 1.52. The van der Waals surface area contributed by atoms with E-state index in [1.807, 2.05) is 0 Å². The van der Waals surface area contributed by atoms with Crippen LogP contribution in [0.1, 0.15) is 0 Å². The number of methoxy groups -OCH3 is 1. The van der Waals surface area contributed by atoms with E-state index >= 15 is 0 Å². The molecule has 0 radical (unpaired) electrons. The second-order valence-corrected chi connectivity index (χ2v) is 4.31. The van der Waals surface area contributed by atoms with Crippen molar-refractivity contribution in [3.63, 3.8) is 0 Å². The molecule has 2 heterocycles. The van der Waals surface area contributed by atoms with Gasteiger partial charge in [0.05, 0.1) is 37.0 Å². The molecule has 2 N–H and O–H groups in total. The molecule has 0 saturated heterocycles. The number of H-pyrrole nitrogens is 1. The molecule has 3 rings (SSSR count). The zero-order chi connectivity index (χ0) is 15.4. The second kappa shape index (κ2) is 6.27. The first-order valence-electron chi connectivity index (χ1n) is 6.55. The quantitative estimate of drug-likeness (QED) is 0.711. The van der Waals surface area contributed by atoms with Crippen LogP contribution in [0.3, 0.4) is 0 Å². The summed E-state index contributed by atoms with van der Waals surface area (Å²) in [6, 6.07) is 3.45. The lowest BCUT2D eigenvalue weighted by Gasteiger charge is -2.12. The van der Waals surface area contributed by atoms with Gasteiger partial charge in [-0.1, -0.05) is 0 Å². The minimum absolute atomic E-state index is 0.0835. The Bertz CT molecular complexity index is 761. The zero-order valence-corrected chi connectivity index (χ0v) is 11.8. The van der Waals surface area contributed by atoms with Crippen molar-refractivity contribution < 1.29 is 19.3 Å². The number of hydrogen-bond acceptors (Lipinski definition) is 7. The topological polar surface area (TPSA) is 102 Å². The van der Waals surface area contributed by atoms with Gasteiger partial charge in [-0.05, 0) is 6.07 Å². The molecule has 3 aromatic rings. The molecule has 0 atom stereocenters. The standard InChI is InChI=1S/C14H14N4O4/c1-20-12-4-10-11(5-13(12)21-3-2-19)15-8-16-14(10)22-9-6-17-18-7-9/h4-8,19H,2-3H2,1H3,(H,17,18). The van der Waals surface area contributed by atoms with Crippen molar-refractivity contribution in [1.82, 2.24) is 20.2 Å². The van der Waals surface area contributed by atoms with Crippen molar-refractivity contribution in [3.8, 4) is 23.1 Å². The normalized spacial score (nSPS) is 10.6. The average molecular weight is 302 g/mol. The molecule has 0 aliphatic carbocycles. The maximum atomic E-state index is 8.87. The summed E-state index contributed by atoms with van der Waals surface area (Å²) in [6.07, 6.45) is 4.56. The Hall–Kier alpha value is -2.87. The largest absolute Gasteiger partial charge is 0.493 e. The van der Waals surface area contributed by atoms with Crippen molar-refractivity contribution in [2.45, 2.75) is 0 Å². The van der Waals surface area contributed by atoms with Crippen molar-refractivity contribution in [2.24, 2.45) is 0 Å². The van der Waals surface area contributed by atoms with E-state index in [2.05, 4.69) is 20.2 Å². The molecule has 0 aliphatic heterocycles. The lowest BCUT2D eigenvalue weighted by Crippen LogP contribution is -2.03. The van der Waals surface area contributed by atoms with E-state index in [1.165, 1.54) is 13.4 Å². The van der Waals surface area contributed by atoms with E-state index in [0.717, 1.165) is 0 Å². The molecular formula is C14H14N4O4. The highest BCUT2D eigenvalue weighted by Crippen LogP contribution is 2.35. The third-order valence-electron chi connectivity index (χ3n) is 2.92. The Labute approximate surface area is 125 Å². The van der Waals surface area contributed by atoms with E-state index in [4.69, 9.17) is 19.3 Å². The number of aromatic amines is 1. The highest BCUT2D eigenvalue weighted by molar-refractivity contribution is 5.86. The maximum absolute atomic E-state index is 8.87. The van der Waals surface area contributed by atoms with Crippen LogP contribution in [-0.4, -0.2) is 45.6 Å². The molecule has 0 saturated carbocycles. The van der Waals surface area contributed by atoms with Crippen molar-refractivity contribution in [3.05, 3.63) is 30.9 Å². The maximum Gasteiger partial charge on any atom is 0.230 e. The number of aromatic nitrogens is 4. The van der Waals surface area contributed by atoms with E-state index in [-0.39, 0.29) is 13.2 Å². The number of ether oxygens (including phenoxy) is 3. The number of nitrogens with one attached hydrogen (secondary N) is 1. The summed E-state index contributed by atoms with van der Waals surface area (Å²) in [7, 11) is 1.54. The van der Waals surface area contributed by atoms with Gasteiger partial charge in [0.25, 0.3) is 0 Å². The number of aliphatic hydroxyl groups excluding tert-OH is 1. The van der Waals surface area contributed by atoms with Crippen LogP contribution in [0.2, 0.25) is 0 Å². The summed E-state index contributed by atoms with van der Waals surface area (Å²) in [6.45, 7) is 0.0884. The Balaban J connectivity index is 2.03. The van der Waals surface area contributed by atoms with Crippen LogP contribution in [0, 0.1) is 0 Å². The SMILES string of the molecule is COc1cc2c(Oc3cn[nH]c3)ncnc2cc1OCCO. The molecule has 0 fully saturated rings. The van der Waals surface area contributed by atoms with E-state index in [1.54, 1.807) is 24.5 Å². The predicted molar refractivity (Wildman–Crippen MR) is 77.3 cm³/mol. The fourth-order valence-corrected chi connectivity index (χ4v) is 1.96. The van der Waals surface area contributed by atoms with Gasteiger partial charge in [0.2, 0.25) is 5.88 Å². The van der Waals surface area contributed by atoms with Crippen LogP contribution < -0.4 is 14.2 Å². The monoisotopic (exact) mass is 302 g/mol. The average Bonchev–Trinajstić information content (AvgIpc) is 3.05. The number of rotatable bonds is 6. The fourth-order valence-electron chi connectivity index (χ4n) is 1.96. The van der Waals surface area contributed by atoms with E-state index in [0.29, 0.717) is 34.0 Å². The van der Waals surface area contributed by atoms with Crippen molar-refractivity contribution in [2.75, 3.05) is 20.3 Å². The van der Waals surface area contributed by atoms with Crippen LogP contribution in [0.25, 0.3) is 10.9 Å². The van der Waals surface area contributed by atoms with Gasteiger partial charge in [-0.25, -0.2) is 9.97 Å². The molecule has 2 aromatic heterocycles. The second-order valence-electron chi connectivity index (χ2n) is 4.31. The summed E-state index contributed by atoms with van der Waals surface area (Å²) < 4.78 is 16.4. The van der Waals surface area contributed by atoms with Crippen LogP contribution in [0.4, 0.5) is 0 Å². The Morgan fingerprint density at radius 2 is 2.14 bits per heavy atom. The molecule has 0 bridgehead atoms. The Kier molecular flexibility index (Phi) is 4.01. The third kappa shape index (κ3) is 2.77. The molecule has 0 amide bonds. The molecule has 0 unspecified atom stereocenters. The smallest absolute Gasteiger partial charge is 0.230 e. The van der Waals surface area contributed by atoms with Gasteiger partial charge >= 0.3 is 0 Å². The zero-order valence-electron chi connectivity index (χ0n) is 11.8. The highest BCUT2D eigenvalue weighted by atomic mass is 16.5. The number of nitrogens with zero attached hydrogens (tertiary/aromatic N) is 3. The van der Waals surface area contributed by atoms with Gasteiger partial charge in [0, 0.05) is 6.07 Å². The molecule has 0 aliphatic rings. The van der Waals surface area contributed by atoms with Crippen LogP contribution in [0.5, 0.6) is 23.1 Å². The van der Waals surface area contributed by atoms with Gasteiger partial charge < -0.3 is 19.3 Å². The van der Waals surface area contributed by atoms with Crippen LogP contribution >= 0.6 is 0 Å². The van der Waals surface area contributed by atoms with Crippen molar-refractivity contribution >= 4 is 10.9 Å². The van der Waals surface area contributed by atoms with Gasteiger partial charge in [-0.15, -0.1) is 0 Å². The number of benzene rings is 1. The van der Waals surface area contributed by atoms with Crippen molar-refractivity contribution in [1.29, 1.82) is 0 Å². The van der Waals surface area contributed by atoms with Gasteiger partial charge in [0.1, 0.15) is 12.9 Å². The summed E-state index contributed by atoms with van der Waals surface area (Å²) in [4.78, 5) is 8.34. The minimum atomic E-state index is -0.0835. The summed E-state index contributed by atoms with van der Waals surface area (Å²) in [5.41, 5.74) is 0.641. The number of fused-ring (bicyclic) bond motifs is 1. The Morgan fingerprint density at radius 3 is 2.86 bits per heavy atom. The molecule has 22 heavy (non-hydrogen) atoms. The first-order valence-corrected chi connectivity index (χ1v) is 6.55. The minimum Gasteiger partial charge on any atom is -0.493 e. The number of aliphatic hydroxyl groups is 1. The van der Waals surface area contributed by atoms with Gasteiger partial charge in [-0.3, -0.25) is 5.10 Å². The number of hydrogen-bond donors (Lipinski definition) is 2. The first kappa shape index (κ1) is 14.1.